The third kappa shape index (κ3) is 7.44. The molecule has 1 atom stereocenters. The molecule has 0 spiro atoms. The summed E-state index contributed by atoms with van der Waals surface area (Å²) in [6.07, 6.45) is 5.75. The van der Waals surface area contributed by atoms with E-state index in [2.05, 4.69) is 21.2 Å². The average Bonchev–Trinajstić information content (AvgIpc) is 2.80. The van der Waals surface area contributed by atoms with E-state index < -0.39 is 6.04 Å². The molecule has 1 aliphatic carbocycles. The molecule has 2 amide bonds. The Morgan fingerprint density at radius 3 is 2.52 bits per heavy atom. The second kappa shape index (κ2) is 12.4. The molecular weight excluding hydrogens is 511 g/mol. The molecule has 0 bridgehead atoms. The zero-order valence-electron chi connectivity index (χ0n) is 18.7. The summed E-state index contributed by atoms with van der Waals surface area (Å²) < 4.78 is 19.9. The molecule has 178 valence electrons. The van der Waals surface area contributed by atoms with Crippen molar-refractivity contribution in [2.45, 2.75) is 64.1 Å². The van der Waals surface area contributed by atoms with Gasteiger partial charge in [-0.1, -0.05) is 65.8 Å². The molecule has 1 aliphatic rings. The van der Waals surface area contributed by atoms with E-state index in [0.717, 1.165) is 35.7 Å². The summed E-state index contributed by atoms with van der Waals surface area (Å²) in [5.74, 6) is -0.480. The predicted octanol–water partition coefficient (Wildman–Crippen LogP) is 5.88. The molecule has 0 saturated heterocycles. The lowest BCUT2D eigenvalue weighted by Gasteiger charge is -2.32. The molecule has 1 fully saturated rings. The standard InChI is InChI=1S/C25H29BrClFN2O3/c1-2-22(25(32)29-20-6-4-3-5-7-20)30(15-17-8-11-19(28)12-9-17)24(31)16-33-23-13-10-18(26)14-21(23)27/h8-14,20,22H,2-7,15-16H2,1H3,(H,29,32)/t22-/m1/s1. The molecule has 0 aliphatic heterocycles. The number of halogens is 3. The zero-order chi connectivity index (χ0) is 23.8. The van der Waals surface area contributed by atoms with Crippen LogP contribution in [0.3, 0.4) is 0 Å². The van der Waals surface area contributed by atoms with Gasteiger partial charge in [-0.05, 0) is 55.2 Å². The van der Waals surface area contributed by atoms with Gasteiger partial charge < -0.3 is 15.0 Å². The van der Waals surface area contributed by atoms with Gasteiger partial charge in [0.05, 0.1) is 5.02 Å². The van der Waals surface area contributed by atoms with Crippen LogP contribution in [0.4, 0.5) is 4.39 Å². The second-order valence-electron chi connectivity index (χ2n) is 8.28. The lowest BCUT2D eigenvalue weighted by Crippen LogP contribution is -2.52. The first-order valence-corrected chi connectivity index (χ1v) is 12.5. The van der Waals surface area contributed by atoms with E-state index in [-0.39, 0.29) is 36.8 Å². The van der Waals surface area contributed by atoms with E-state index in [1.165, 1.54) is 23.5 Å². The summed E-state index contributed by atoms with van der Waals surface area (Å²) in [5, 5.41) is 3.51. The number of carbonyl (C=O) groups excluding carboxylic acids is 2. The van der Waals surface area contributed by atoms with Gasteiger partial charge in [-0.3, -0.25) is 9.59 Å². The number of rotatable bonds is 9. The van der Waals surface area contributed by atoms with Crippen LogP contribution in [0.5, 0.6) is 5.75 Å². The largest absolute Gasteiger partial charge is 0.482 e. The van der Waals surface area contributed by atoms with Crippen molar-refractivity contribution in [3.63, 3.8) is 0 Å². The normalized spacial score (nSPS) is 15.0. The molecule has 0 heterocycles. The molecule has 1 N–H and O–H groups in total. The topological polar surface area (TPSA) is 58.6 Å². The van der Waals surface area contributed by atoms with E-state index in [0.29, 0.717) is 17.2 Å². The average molecular weight is 540 g/mol. The number of carbonyl (C=O) groups is 2. The van der Waals surface area contributed by atoms with E-state index >= 15 is 0 Å². The van der Waals surface area contributed by atoms with E-state index in [4.69, 9.17) is 16.3 Å². The zero-order valence-corrected chi connectivity index (χ0v) is 21.0. The Kier molecular flexibility index (Phi) is 9.56. The highest BCUT2D eigenvalue weighted by atomic mass is 79.9. The Bertz CT molecular complexity index is 951. The van der Waals surface area contributed by atoms with Crippen LogP contribution in [0.1, 0.15) is 51.0 Å². The van der Waals surface area contributed by atoms with Crippen LogP contribution in [-0.4, -0.2) is 35.4 Å². The molecule has 5 nitrogen and oxygen atoms in total. The minimum atomic E-state index is -0.659. The predicted molar refractivity (Wildman–Crippen MR) is 131 cm³/mol. The first-order chi connectivity index (χ1) is 15.9. The molecule has 0 aromatic heterocycles. The van der Waals surface area contributed by atoms with Crippen molar-refractivity contribution in [3.8, 4) is 5.75 Å². The molecule has 1 saturated carbocycles. The molecule has 3 rings (SSSR count). The van der Waals surface area contributed by atoms with Crippen LogP contribution >= 0.6 is 27.5 Å². The van der Waals surface area contributed by atoms with Gasteiger partial charge in [0.25, 0.3) is 5.91 Å². The molecule has 0 radical (unpaired) electrons. The summed E-state index contributed by atoms with van der Waals surface area (Å²) in [4.78, 5) is 27.9. The Labute approximate surface area is 207 Å². The van der Waals surface area contributed by atoms with E-state index in [1.54, 1.807) is 30.3 Å². The first-order valence-electron chi connectivity index (χ1n) is 11.3. The minimum Gasteiger partial charge on any atom is -0.482 e. The quantitative estimate of drug-likeness (QED) is 0.433. The van der Waals surface area contributed by atoms with Gasteiger partial charge in [0.2, 0.25) is 5.91 Å². The van der Waals surface area contributed by atoms with Gasteiger partial charge in [-0.15, -0.1) is 0 Å². The van der Waals surface area contributed by atoms with Gasteiger partial charge in [0.1, 0.15) is 17.6 Å². The summed E-state index contributed by atoms with van der Waals surface area (Å²) in [6.45, 7) is 1.78. The number of hydrogen-bond donors (Lipinski definition) is 1. The van der Waals surface area contributed by atoms with Gasteiger partial charge in [-0.25, -0.2) is 4.39 Å². The van der Waals surface area contributed by atoms with E-state index in [1.807, 2.05) is 6.92 Å². The maximum atomic E-state index is 13.4. The van der Waals surface area contributed by atoms with Gasteiger partial charge in [0, 0.05) is 17.1 Å². The summed E-state index contributed by atoms with van der Waals surface area (Å²) >= 11 is 9.55. The highest BCUT2D eigenvalue weighted by Gasteiger charge is 2.30. The molecule has 8 heteroatoms. The Morgan fingerprint density at radius 2 is 1.88 bits per heavy atom. The first kappa shape index (κ1) is 25.5. The number of nitrogens with one attached hydrogen (secondary N) is 1. The third-order valence-electron chi connectivity index (χ3n) is 5.85. The highest BCUT2D eigenvalue weighted by Crippen LogP contribution is 2.28. The van der Waals surface area contributed by atoms with Gasteiger partial charge >= 0.3 is 0 Å². The number of benzene rings is 2. The molecule has 0 unspecified atom stereocenters. The van der Waals surface area contributed by atoms with Crippen molar-refractivity contribution in [1.29, 1.82) is 0 Å². The molecule has 2 aromatic carbocycles. The fourth-order valence-electron chi connectivity index (χ4n) is 4.06. The van der Waals surface area contributed by atoms with Crippen LogP contribution in [0.15, 0.2) is 46.9 Å². The van der Waals surface area contributed by atoms with Crippen molar-refractivity contribution in [1.82, 2.24) is 10.2 Å². The monoisotopic (exact) mass is 538 g/mol. The lowest BCUT2D eigenvalue weighted by molar-refractivity contribution is -0.143. The number of nitrogens with zero attached hydrogens (tertiary/aromatic N) is 1. The van der Waals surface area contributed by atoms with Crippen molar-refractivity contribution in [2.24, 2.45) is 0 Å². The molecule has 2 aromatic rings. The summed E-state index contributed by atoms with van der Waals surface area (Å²) in [5.41, 5.74) is 0.732. The third-order valence-corrected chi connectivity index (χ3v) is 6.64. The van der Waals surface area contributed by atoms with Crippen molar-refractivity contribution in [2.75, 3.05) is 6.61 Å². The maximum absolute atomic E-state index is 13.4. The fraction of sp³-hybridized carbons (Fsp3) is 0.440. The Balaban J connectivity index is 1.76. The van der Waals surface area contributed by atoms with Crippen LogP contribution < -0.4 is 10.1 Å². The number of hydrogen-bond acceptors (Lipinski definition) is 3. The van der Waals surface area contributed by atoms with Crippen LogP contribution in [0.2, 0.25) is 5.02 Å². The second-order valence-corrected chi connectivity index (χ2v) is 9.60. The Morgan fingerprint density at radius 1 is 1.18 bits per heavy atom. The van der Waals surface area contributed by atoms with Gasteiger partial charge in [-0.2, -0.15) is 0 Å². The van der Waals surface area contributed by atoms with Gasteiger partial charge in [0.15, 0.2) is 6.61 Å². The molecular formula is C25H29BrClFN2O3. The maximum Gasteiger partial charge on any atom is 0.261 e. The van der Waals surface area contributed by atoms with Crippen LogP contribution in [0, 0.1) is 5.82 Å². The summed E-state index contributed by atoms with van der Waals surface area (Å²) in [7, 11) is 0. The number of amides is 2. The fourth-order valence-corrected chi connectivity index (χ4v) is 4.79. The molecule has 33 heavy (non-hydrogen) atoms. The Hall–Kier alpha value is -2.12. The van der Waals surface area contributed by atoms with Crippen LogP contribution in [0.25, 0.3) is 0 Å². The smallest absolute Gasteiger partial charge is 0.261 e. The highest BCUT2D eigenvalue weighted by molar-refractivity contribution is 9.10. The number of ether oxygens (including phenoxy) is 1. The van der Waals surface area contributed by atoms with Crippen LogP contribution in [-0.2, 0) is 16.1 Å². The lowest BCUT2D eigenvalue weighted by atomic mass is 9.95. The summed E-state index contributed by atoms with van der Waals surface area (Å²) in [6, 6.07) is 10.5. The SMILES string of the molecule is CC[C@H](C(=O)NC1CCCCC1)N(Cc1ccc(F)cc1)C(=O)COc1ccc(Br)cc1Cl. The van der Waals surface area contributed by atoms with Crippen molar-refractivity contribution < 1.29 is 18.7 Å². The van der Waals surface area contributed by atoms with Crippen molar-refractivity contribution >= 4 is 39.3 Å². The van der Waals surface area contributed by atoms with Crippen molar-refractivity contribution in [3.05, 3.63) is 63.3 Å². The minimum absolute atomic E-state index is 0.140. The van der Waals surface area contributed by atoms with E-state index in [9.17, 15) is 14.0 Å².